The van der Waals surface area contributed by atoms with E-state index < -0.39 is 0 Å². The van der Waals surface area contributed by atoms with Gasteiger partial charge in [-0.2, -0.15) is 5.10 Å². The number of ether oxygens (including phenoxy) is 1. The third-order valence-electron chi connectivity index (χ3n) is 2.69. The molecule has 1 aromatic heterocycles. The lowest BCUT2D eigenvalue weighted by atomic mass is 9.94. The molecule has 4 nitrogen and oxygen atoms in total. The van der Waals surface area contributed by atoms with Crippen LogP contribution in [0.15, 0.2) is 10.5 Å². The molecule has 2 heterocycles. The predicted molar refractivity (Wildman–Crippen MR) is 61.1 cm³/mol. The first-order chi connectivity index (χ1) is 7.31. The van der Waals surface area contributed by atoms with Crippen molar-refractivity contribution in [1.29, 1.82) is 0 Å². The fourth-order valence-corrected chi connectivity index (χ4v) is 2.30. The van der Waals surface area contributed by atoms with Crippen molar-refractivity contribution in [2.45, 2.75) is 18.8 Å². The Labute approximate surface area is 97.6 Å². The molecule has 1 N–H and O–H groups in total. The molecule has 0 saturated carbocycles. The van der Waals surface area contributed by atoms with E-state index in [4.69, 9.17) is 4.74 Å². The van der Waals surface area contributed by atoms with Crippen LogP contribution in [0.5, 0.6) is 5.88 Å². The van der Waals surface area contributed by atoms with Gasteiger partial charge in [-0.15, -0.1) is 5.10 Å². The summed E-state index contributed by atoms with van der Waals surface area (Å²) < 4.78 is 5.94. The molecular formula is C10H14BrN3O. The van der Waals surface area contributed by atoms with Crippen molar-refractivity contribution in [2.75, 3.05) is 20.2 Å². The molecule has 15 heavy (non-hydrogen) atoms. The Hall–Kier alpha value is -0.680. The van der Waals surface area contributed by atoms with E-state index in [1.54, 1.807) is 7.11 Å². The van der Waals surface area contributed by atoms with E-state index in [-0.39, 0.29) is 0 Å². The van der Waals surface area contributed by atoms with Crippen LogP contribution in [0.1, 0.15) is 24.5 Å². The molecule has 0 radical (unpaired) electrons. The van der Waals surface area contributed by atoms with Crippen molar-refractivity contribution in [3.05, 3.63) is 16.2 Å². The maximum atomic E-state index is 5.05. The Balaban J connectivity index is 2.17. The Bertz CT molecular complexity index is 339. The van der Waals surface area contributed by atoms with Gasteiger partial charge in [0.1, 0.15) is 0 Å². The number of nitrogens with one attached hydrogen (secondary N) is 1. The highest BCUT2D eigenvalue weighted by Crippen LogP contribution is 2.28. The molecule has 0 spiro atoms. The first kappa shape index (κ1) is 10.8. The van der Waals surface area contributed by atoms with Gasteiger partial charge in [0.2, 0.25) is 5.88 Å². The number of hydrogen-bond acceptors (Lipinski definition) is 4. The summed E-state index contributed by atoms with van der Waals surface area (Å²) >= 11 is 3.43. The molecule has 1 aliphatic rings. The molecule has 2 rings (SSSR count). The number of aromatic nitrogens is 2. The van der Waals surface area contributed by atoms with Crippen molar-refractivity contribution in [1.82, 2.24) is 15.5 Å². The van der Waals surface area contributed by atoms with Crippen LogP contribution < -0.4 is 10.1 Å². The van der Waals surface area contributed by atoms with Crippen LogP contribution in [0.3, 0.4) is 0 Å². The maximum Gasteiger partial charge on any atom is 0.247 e. The number of rotatable bonds is 2. The highest BCUT2D eigenvalue weighted by Gasteiger charge is 2.18. The van der Waals surface area contributed by atoms with Gasteiger partial charge in [-0.3, -0.25) is 0 Å². The minimum atomic E-state index is 0.529. The summed E-state index contributed by atoms with van der Waals surface area (Å²) in [7, 11) is 1.60. The highest BCUT2D eigenvalue weighted by molar-refractivity contribution is 9.10. The van der Waals surface area contributed by atoms with Crippen molar-refractivity contribution < 1.29 is 4.74 Å². The highest BCUT2D eigenvalue weighted by atomic mass is 79.9. The van der Waals surface area contributed by atoms with Gasteiger partial charge < -0.3 is 10.1 Å². The van der Waals surface area contributed by atoms with Gasteiger partial charge in [-0.25, -0.2) is 0 Å². The van der Waals surface area contributed by atoms with Gasteiger partial charge in [0.05, 0.1) is 17.3 Å². The van der Waals surface area contributed by atoms with E-state index in [2.05, 4.69) is 31.4 Å². The largest absolute Gasteiger partial charge is 0.479 e. The quantitative estimate of drug-likeness (QED) is 0.890. The van der Waals surface area contributed by atoms with Crippen LogP contribution in [0.2, 0.25) is 0 Å². The van der Waals surface area contributed by atoms with Crippen molar-refractivity contribution in [2.24, 2.45) is 0 Å². The number of hydrogen-bond donors (Lipinski definition) is 1. The van der Waals surface area contributed by atoms with Gasteiger partial charge in [0.15, 0.2) is 0 Å². The lowest BCUT2D eigenvalue weighted by Crippen LogP contribution is -2.27. The molecule has 0 amide bonds. The monoisotopic (exact) mass is 271 g/mol. The van der Waals surface area contributed by atoms with Crippen LogP contribution in [0, 0.1) is 0 Å². The van der Waals surface area contributed by atoms with Crippen molar-refractivity contribution in [3.63, 3.8) is 0 Å². The Kier molecular flexibility index (Phi) is 3.53. The zero-order chi connectivity index (χ0) is 10.7. The van der Waals surface area contributed by atoms with Crippen LogP contribution in [0.4, 0.5) is 0 Å². The van der Waals surface area contributed by atoms with Gasteiger partial charge in [-0.1, -0.05) is 0 Å². The lowest BCUT2D eigenvalue weighted by molar-refractivity contribution is 0.384. The van der Waals surface area contributed by atoms with E-state index in [0.717, 1.165) is 36.1 Å². The zero-order valence-corrected chi connectivity index (χ0v) is 10.2. The summed E-state index contributed by atoms with van der Waals surface area (Å²) in [5.74, 6) is 1.08. The summed E-state index contributed by atoms with van der Waals surface area (Å²) in [6, 6.07) is 2.02. The van der Waals surface area contributed by atoms with E-state index in [1.165, 1.54) is 0 Å². The molecular weight excluding hydrogens is 258 g/mol. The molecule has 0 unspecified atom stereocenters. The minimum Gasteiger partial charge on any atom is -0.479 e. The molecule has 0 aliphatic carbocycles. The standard InChI is InChI=1S/C10H14BrN3O/c1-15-10-8(11)6-9(13-14-10)7-2-4-12-5-3-7/h6-7,12H,2-5H2,1H3. The summed E-state index contributed by atoms with van der Waals surface area (Å²) in [5, 5.41) is 11.6. The van der Waals surface area contributed by atoms with Crippen LogP contribution in [0.25, 0.3) is 0 Å². The van der Waals surface area contributed by atoms with Crippen molar-refractivity contribution in [3.8, 4) is 5.88 Å². The molecule has 82 valence electrons. The average Bonchev–Trinajstić information content (AvgIpc) is 2.30. The second kappa shape index (κ2) is 4.90. The van der Waals surface area contributed by atoms with Crippen LogP contribution >= 0.6 is 15.9 Å². The smallest absolute Gasteiger partial charge is 0.247 e. The number of halogens is 1. The van der Waals surface area contributed by atoms with Gasteiger partial charge in [-0.05, 0) is 47.9 Å². The number of nitrogens with zero attached hydrogens (tertiary/aromatic N) is 2. The fraction of sp³-hybridized carbons (Fsp3) is 0.600. The maximum absolute atomic E-state index is 5.05. The van der Waals surface area contributed by atoms with E-state index >= 15 is 0 Å². The van der Waals surface area contributed by atoms with Gasteiger partial charge in [0, 0.05) is 5.92 Å². The van der Waals surface area contributed by atoms with Crippen LogP contribution in [-0.2, 0) is 0 Å². The normalized spacial score (nSPS) is 17.7. The van der Waals surface area contributed by atoms with E-state index in [1.807, 2.05) is 6.07 Å². The average molecular weight is 272 g/mol. The fourth-order valence-electron chi connectivity index (χ4n) is 1.83. The predicted octanol–water partition coefficient (Wildman–Crippen LogP) is 1.71. The molecule has 1 aliphatic heterocycles. The second-order valence-electron chi connectivity index (χ2n) is 3.65. The first-order valence-corrected chi connectivity index (χ1v) is 5.88. The Morgan fingerprint density at radius 3 is 2.73 bits per heavy atom. The van der Waals surface area contributed by atoms with E-state index in [9.17, 15) is 0 Å². The minimum absolute atomic E-state index is 0.529. The summed E-state index contributed by atoms with van der Waals surface area (Å²) in [4.78, 5) is 0. The van der Waals surface area contributed by atoms with Crippen molar-refractivity contribution >= 4 is 15.9 Å². The number of methoxy groups -OCH3 is 1. The second-order valence-corrected chi connectivity index (χ2v) is 4.51. The third-order valence-corrected chi connectivity index (χ3v) is 3.25. The molecule has 1 saturated heterocycles. The first-order valence-electron chi connectivity index (χ1n) is 5.09. The summed E-state index contributed by atoms with van der Waals surface area (Å²) in [5.41, 5.74) is 1.06. The van der Waals surface area contributed by atoms with Crippen LogP contribution in [-0.4, -0.2) is 30.4 Å². The molecule has 1 aromatic rings. The number of piperidine rings is 1. The Morgan fingerprint density at radius 2 is 2.13 bits per heavy atom. The molecule has 0 atom stereocenters. The lowest BCUT2D eigenvalue weighted by Gasteiger charge is -2.21. The molecule has 0 aromatic carbocycles. The third kappa shape index (κ3) is 2.46. The zero-order valence-electron chi connectivity index (χ0n) is 8.66. The summed E-state index contributed by atoms with van der Waals surface area (Å²) in [6.07, 6.45) is 2.26. The van der Waals surface area contributed by atoms with Gasteiger partial charge in [0.25, 0.3) is 0 Å². The van der Waals surface area contributed by atoms with E-state index in [0.29, 0.717) is 11.8 Å². The topological polar surface area (TPSA) is 47.0 Å². The molecule has 0 bridgehead atoms. The summed E-state index contributed by atoms with van der Waals surface area (Å²) in [6.45, 7) is 2.13. The Morgan fingerprint density at radius 1 is 1.40 bits per heavy atom. The molecule has 1 fully saturated rings. The SMILES string of the molecule is COc1nnc(C2CCNCC2)cc1Br. The molecule has 5 heteroatoms. The van der Waals surface area contributed by atoms with Gasteiger partial charge >= 0.3 is 0 Å².